The molecule has 3 nitrogen and oxygen atoms in total. The minimum Gasteiger partial charge on any atom is -0.356 e. The average molecular weight is 224 g/mol. The smallest absolute Gasteiger partial charge is 0.224 e. The molecule has 1 saturated heterocycles. The second kappa shape index (κ2) is 6.24. The molecule has 0 radical (unpaired) electrons. The summed E-state index contributed by atoms with van der Waals surface area (Å²) in [5, 5.41) is 6.69. The zero-order chi connectivity index (χ0) is 11.2. The molecule has 92 valence electrons. The Morgan fingerprint density at radius 3 is 2.50 bits per heavy atom. The van der Waals surface area contributed by atoms with Crippen molar-refractivity contribution in [2.24, 2.45) is 5.92 Å². The second-order valence-corrected chi connectivity index (χ2v) is 5.16. The van der Waals surface area contributed by atoms with Gasteiger partial charge in [0, 0.05) is 12.6 Å². The van der Waals surface area contributed by atoms with E-state index in [1.54, 1.807) is 0 Å². The van der Waals surface area contributed by atoms with Crippen LogP contribution in [0, 0.1) is 5.92 Å². The van der Waals surface area contributed by atoms with Crippen LogP contribution in [0.1, 0.15) is 51.4 Å². The highest BCUT2D eigenvalue weighted by atomic mass is 16.1. The molecular weight excluding hydrogens is 200 g/mol. The average Bonchev–Trinajstić information content (AvgIpc) is 2.35. The topological polar surface area (TPSA) is 41.1 Å². The van der Waals surface area contributed by atoms with Crippen molar-refractivity contribution in [2.75, 3.05) is 13.1 Å². The normalized spacial score (nSPS) is 33.4. The molecular formula is C13H24N2O. The predicted molar refractivity (Wildman–Crippen MR) is 65.2 cm³/mol. The van der Waals surface area contributed by atoms with Gasteiger partial charge < -0.3 is 10.6 Å². The summed E-state index contributed by atoms with van der Waals surface area (Å²) in [6, 6.07) is 0.437. The molecule has 0 bridgehead atoms. The van der Waals surface area contributed by atoms with Gasteiger partial charge in [-0.1, -0.05) is 25.7 Å². The Labute approximate surface area is 98.4 Å². The van der Waals surface area contributed by atoms with Crippen molar-refractivity contribution in [2.45, 2.75) is 57.4 Å². The van der Waals surface area contributed by atoms with Gasteiger partial charge in [0.1, 0.15) is 0 Å². The summed E-state index contributed by atoms with van der Waals surface area (Å²) in [5.74, 6) is 0.519. The van der Waals surface area contributed by atoms with Crippen LogP contribution in [0.3, 0.4) is 0 Å². The Morgan fingerprint density at radius 1 is 0.875 bits per heavy atom. The van der Waals surface area contributed by atoms with Crippen LogP contribution >= 0.6 is 0 Å². The van der Waals surface area contributed by atoms with E-state index in [2.05, 4.69) is 10.6 Å². The molecule has 1 amide bonds. The maximum absolute atomic E-state index is 12.0. The van der Waals surface area contributed by atoms with Crippen LogP contribution in [0.5, 0.6) is 0 Å². The summed E-state index contributed by atoms with van der Waals surface area (Å²) in [4.78, 5) is 12.0. The molecule has 1 aliphatic heterocycles. The number of carbonyl (C=O) groups is 1. The molecule has 2 N–H and O–H groups in total. The van der Waals surface area contributed by atoms with Gasteiger partial charge in [0.25, 0.3) is 0 Å². The minimum atomic E-state index is 0.229. The number of amides is 1. The van der Waals surface area contributed by atoms with Crippen LogP contribution in [0.15, 0.2) is 0 Å². The molecule has 2 atom stereocenters. The van der Waals surface area contributed by atoms with Gasteiger partial charge in [0.15, 0.2) is 0 Å². The molecule has 0 aromatic heterocycles. The fourth-order valence-corrected chi connectivity index (χ4v) is 2.92. The maximum atomic E-state index is 12.0. The fourth-order valence-electron chi connectivity index (χ4n) is 2.92. The molecule has 2 unspecified atom stereocenters. The van der Waals surface area contributed by atoms with Crippen LogP contribution in [0.4, 0.5) is 0 Å². The van der Waals surface area contributed by atoms with Crippen LogP contribution < -0.4 is 10.6 Å². The number of hydrogen-bond donors (Lipinski definition) is 2. The van der Waals surface area contributed by atoms with Crippen molar-refractivity contribution >= 4 is 5.91 Å². The second-order valence-electron chi connectivity index (χ2n) is 5.16. The van der Waals surface area contributed by atoms with Crippen molar-refractivity contribution in [3.8, 4) is 0 Å². The zero-order valence-electron chi connectivity index (χ0n) is 10.1. The van der Waals surface area contributed by atoms with Gasteiger partial charge in [-0.05, 0) is 32.2 Å². The molecule has 0 aromatic rings. The van der Waals surface area contributed by atoms with Gasteiger partial charge in [-0.25, -0.2) is 0 Å². The Morgan fingerprint density at radius 2 is 1.62 bits per heavy atom. The van der Waals surface area contributed by atoms with Gasteiger partial charge in [0.05, 0.1) is 5.92 Å². The summed E-state index contributed by atoms with van der Waals surface area (Å²) in [6.07, 6.45) is 9.69. The maximum Gasteiger partial charge on any atom is 0.224 e. The molecule has 0 spiro atoms. The van der Waals surface area contributed by atoms with E-state index in [9.17, 15) is 4.79 Å². The summed E-state index contributed by atoms with van der Waals surface area (Å²) in [5.41, 5.74) is 0. The first-order chi connectivity index (χ1) is 7.88. The van der Waals surface area contributed by atoms with Gasteiger partial charge in [-0.2, -0.15) is 0 Å². The van der Waals surface area contributed by atoms with Crippen molar-refractivity contribution in [1.29, 1.82) is 0 Å². The van der Waals surface area contributed by atoms with Crippen molar-refractivity contribution in [1.82, 2.24) is 10.6 Å². The first-order valence-electron chi connectivity index (χ1n) is 6.89. The van der Waals surface area contributed by atoms with Gasteiger partial charge >= 0.3 is 0 Å². The summed E-state index contributed by atoms with van der Waals surface area (Å²) in [6.45, 7) is 1.97. The van der Waals surface area contributed by atoms with Crippen molar-refractivity contribution in [3.05, 3.63) is 0 Å². The number of rotatable bonds is 0. The van der Waals surface area contributed by atoms with E-state index in [1.807, 2.05) is 0 Å². The Balaban J connectivity index is 1.95. The number of fused-ring (bicyclic) bond motifs is 1. The third-order valence-corrected chi connectivity index (χ3v) is 3.91. The highest BCUT2D eigenvalue weighted by Gasteiger charge is 2.30. The molecule has 3 heteroatoms. The summed E-state index contributed by atoms with van der Waals surface area (Å²) < 4.78 is 0. The van der Waals surface area contributed by atoms with Gasteiger partial charge in [-0.15, -0.1) is 0 Å². The molecule has 1 heterocycles. The van der Waals surface area contributed by atoms with Crippen LogP contribution in [-0.2, 0) is 4.79 Å². The SMILES string of the molecule is O=C1NCCCCCCNC2CCCCC12. The molecule has 2 rings (SSSR count). The van der Waals surface area contributed by atoms with E-state index in [4.69, 9.17) is 0 Å². The van der Waals surface area contributed by atoms with E-state index in [0.29, 0.717) is 11.9 Å². The number of hydrogen-bond acceptors (Lipinski definition) is 2. The van der Waals surface area contributed by atoms with E-state index in [0.717, 1.165) is 25.9 Å². The van der Waals surface area contributed by atoms with Crippen molar-refractivity contribution < 1.29 is 4.79 Å². The summed E-state index contributed by atoms with van der Waals surface area (Å²) >= 11 is 0. The molecule has 16 heavy (non-hydrogen) atoms. The standard InChI is InChI=1S/C13H24N2O/c16-13-11-7-3-4-8-12(11)14-9-5-1-2-6-10-15-13/h11-12,14H,1-10H2,(H,15,16). The quantitative estimate of drug-likeness (QED) is 0.659. The lowest BCUT2D eigenvalue weighted by Crippen LogP contribution is -2.46. The molecule has 2 fully saturated rings. The van der Waals surface area contributed by atoms with E-state index < -0.39 is 0 Å². The lowest BCUT2D eigenvalue weighted by Gasteiger charge is -2.31. The van der Waals surface area contributed by atoms with Gasteiger partial charge in [-0.3, -0.25) is 4.79 Å². The molecule has 1 saturated carbocycles. The Hall–Kier alpha value is -0.570. The third kappa shape index (κ3) is 3.21. The molecule has 1 aliphatic carbocycles. The number of carbonyl (C=O) groups excluding carboxylic acids is 1. The predicted octanol–water partition coefficient (Wildman–Crippen LogP) is 1.82. The first kappa shape index (κ1) is 11.9. The van der Waals surface area contributed by atoms with E-state index in [1.165, 1.54) is 38.5 Å². The zero-order valence-corrected chi connectivity index (χ0v) is 10.1. The highest BCUT2D eigenvalue weighted by Crippen LogP contribution is 2.25. The van der Waals surface area contributed by atoms with E-state index in [-0.39, 0.29) is 5.92 Å². The lowest BCUT2D eigenvalue weighted by molar-refractivity contribution is -0.126. The third-order valence-electron chi connectivity index (χ3n) is 3.91. The largest absolute Gasteiger partial charge is 0.356 e. The van der Waals surface area contributed by atoms with Crippen LogP contribution in [-0.4, -0.2) is 25.0 Å². The monoisotopic (exact) mass is 224 g/mol. The first-order valence-corrected chi connectivity index (χ1v) is 6.89. The van der Waals surface area contributed by atoms with Gasteiger partial charge in [0.2, 0.25) is 5.91 Å². The lowest BCUT2D eigenvalue weighted by atomic mass is 9.83. The van der Waals surface area contributed by atoms with E-state index >= 15 is 0 Å². The van der Waals surface area contributed by atoms with Crippen LogP contribution in [0.2, 0.25) is 0 Å². The minimum absolute atomic E-state index is 0.229. The van der Waals surface area contributed by atoms with Crippen molar-refractivity contribution in [3.63, 3.8) is 0 Å². The highest BCUT2D eigenvalue weighted by molar-refractivity contribution is 5.79. The van der Waals surface area contributed by atoms with Crippen LogP contribution in [0.25, 0.3) is 0 Å². The molecule has 2 aliphatic rings. The fraction of sp³-hybridized carbons (Fsp3) is 0.923. The number of nitrogens with one attached hydrogen (secondary N) is 2. The summed E-state index contributed by atoms with van der Waals surface area (Å²) in [7, 11) is 0. The Kier molecular flexibility index (Phi) is 4.64. The Bertz CT molecular complexity index is 230. The molecule has 0 aromatic carbocycles.